The molecule has 0 spiro atoms. The number of hydrogen-bond donors (Lipinski definition) is 1. The number of nitrogens with one attached hydrogen (secondary N) is 1. The third-order valence-corrected chi connectivity index (χ3v) is 3.72. The highest BCUT2D eigenvalue weighted by Crippen LogP contribution is 2.31. The monoisotopic (exact) mass is 235 g/mol. The summed E-state index contributed by atoms with van der Waals surface area (Å²) in [7, 11) is 0. The Labute approximate surface area is 107 Å². The van der Waals surface area contributed by atoms with Gasteiger partial charge in [0.1, 0.15) is 0 Å². The maximum atomic E-state index is 3.41. The summed E-state index contributed by atoms with van der Waals surface area (Å²) < 4.78 is 0. The Kier molecular flexibility index (Phi) is 2.67. The fourth-order valence-electron chi connectivity index (χ4n) is 2.61. The largest absolute Gasteiger partial charge is 0.361 e. The highest BCUT2D eigenvalue weighted by atomic mass is 14.7. The van der Waals surface area contributed by atoms with Crippen LogP contribution in [0.1, 0.15) is 29.5 Å². The highest BCUT2D eigenvalue weighted by Gasteiger charge is 2.13. The first kappa shape index (κ1) is 11.1. The van der Waals surface area contributed by atoms with Crippen molar-refractivity contribution in [1.29, 1.82) is 0 Å². The van der Waals surface area contributed by atoms with Crippen molar-refractivity contribution in [2.24, 2.45) is 0 Å². The van der Waals surface area contributed by atoms with Crippen LogP contribution < -0.4 is 0 Å². The lowest BCUT2D eigenvalue weighted by Crippen LogP contribution is -1.94. The highest BCUT2D eigenvalue weighted by molar-refractivity contribution is 5.86. The molecule has 3 rings (SSSR count). The third kappa shape index (κ3) is 1.72. The van der Waals surface area contributed by atoms with Crippen LogP contribution in [0.15, 0.2) is 54.7 Å². The van der Waals surface area contributed by atoms with Gasteiger partial charge in [-0.3, -0.25) is 0 Å². The molecule has 90 valence electrons. The Morgan fingerprint density at radius 2 is 1.72 bits per heavy atom. The van der Waals surface area contributed by atoms with Crippen LogP contribution >= 0.6 is 0 Å². The van der Waals surface area contributed by atoms with Gasteiger partial charge in [0.25, 0.3) is 0 Å². The normalized spacial score (nSPS) is 12.8. The minimum absolute atomic E-state index is 0.418. The van der Waals surface area contributed by atoms with Crippen LogP contribution in [0, 0.1) is 6.92 Å². The molecule has 18 heavy (non-hydrogen) atoms. The molecule has 1 heterocycles. The van der Waals surface area contributed by atoms with E-state index in [0.29, 0.717) is 5.92 Å². The maximum absolute atomic E-state index is 3.41. The zero-order valence-corrected chi connectivity index (χ0v) is 10.8. The lowest BCUT2D eigenvalue weighted by molar-refractivity contribution is 0.932. The average Bonchev–Trinajstić information content (AvgIpc) is 2.84. The number of aryl methyl sites for hydroxylation is 1. The van der Waals surface area contributed by atoms with Crippen LogP contribution in [0.4, 0.5) is 0 Å². The van der Waals surface area contributed by atoms with Gasteiger partial charge in [0.05, 0.1) is 0 Å². The van der Waals surface area contributed by atoms with Crippen LogP contribution in [-0.4, -0.2) is 4.98 Å². The molecule has 1 nitrogen and oxygen atoms in total. The van der Waals surface area contributed by atoms with Gasteiger partial charge in [0.15, 0.2) is 0 Å². The zero-order chi connectivity index (χ0) is 12.5. The van der Waals surface area contributed by atoms with Gasteiger partial charge >= 0.3 is 0 Å². The molecule has 0 fully saturated rings. The van der Waals surface area contributed by atoms with Crippen LogP contribution in [0.25, 0.3) is 10.9 Å². The first-order valence-corrected chi connectivity index (χ1v) is 6.39. The number of aromatic nitrogens is 1. The Balaban J connectivity index is 2.13. The summed E-state index contributed by atoms with van der Waals surface area (Å²) in [6.45, 7) is 4.41. The summed E-state index contributed by atoms with van der Waals surface area (Å²) >= 11 is 0. The topological polar surface area (TPSA) is 15.8 Å². The molecule has 0 aliphatic heterocycles. The van der Waals surface area contributed by atoms with Crippen LogP contribution in [0.3, 0.4) is 0 Å². The second-order valence-electron chi connectivity index (χ2n) is 4.87. The van der Waals surface area contributed by atoms with Gasteiger partial charge in [-0.1, -0.05) is 55.5 Å². The first-order valence-electron chi connectivity index (χ1n) is 6.39. The van der Waals surface area contributed by atoms with Gasteiger partial charge in [-0.15, -0.1) is 0 Å². The molecule has 1 unspecified atom stereocenters. The van der Waals surface area contributed by atoms with Gasteiger partial charge in [-0.2, -0.15) is 0 Å². The van der Waals surface area contributed by atoms with E-state index in [1.807, 2.05) is 0 Å². The van der Waals surface area contributed by atoms with Crippen molar-refractivity contribution in [2.45, 2.75) is 19.8 Å². The predicted octanol–water partition coefficient (Wildman–Crippen LogP) is 4.63. The van der Waals surface area contributed by atoms with Crippen molar-refractivity contribution >= 4 is 10.9 Å². The Morgan fingerprint density at radius 1 is 0.944 bits per heavy atom. The number of benzene rings is 2. The van der Waals surface area contributed by atoms with E-state index in [2.05, 4.69) is 73.6 Å². The number of hydrogen-bond acceptors (Lipinski definition) is 0. The number of H-pyrrole nitrogens is 1. The molecule has 0 bridgehead atoms. The summed E-state index contributed by atoms with van der Waals surface area (Å²) in [5.74, 6) is 0.418. The van der Waals surface area contributed by atoms with Crippen molar-refractivity contribution < 1.29 is 0 Å². The molecule has 1 aromatic heterocycles. The smallest absolute Gasteiger partial charge is 0.0486 e. The van der Waals surface area contributed by atoms with E-state index in [-0.39, 0.29) is 0 Å². The molecule has 1 N–H and O–H groups in total. The fraction of sp³-hybridized carbons (Fsp3) is 0.176. The number of rotatable bonds is 2. The summed E-state index contributed by atoms with van der Waals surface area (Å²) in [6, 6.07) is 17.1. The molecular formula is C17H17N. The van der Waals surface area contributed by atoms with Gasteiger partial charge in [-0.05, 0) is 23.6 Å². The minimum Gasteiger partial charge on any atom is -0.361 e. The number of para-hydroxylation sites is 1. The second-order valence-corrected chi connectivity index (χ2v) is 4.87. The molecule has 0 aliphatic carbocycles. The first-order chi connectivity index (χ1) is 8.77. The lowest BCUT2D eigenvalue weighted by Gasteiger charge is -2.11. The van der Waals surface area contributed by atoms with Gasteiger partial charge in [0, 0.05) is 23.0 Å². The summed E-state index contributed by atoms with van der Waals surface area (Å²) in [4.78, 5) is 3.41. The van der Waals surface area contributed by atoms with E-state index >= 15 is 0 Å². The fourth-order valence-corrected chi connectivity index (χ4v) is 2.61. The Bertz CT molecular complexity index is 664. The SMILES string of the molecule is Cc1cccc2c(C(C)c3ccccc3)c[nH]c12. The van der Waals surface area contributed by atoms with E-state index in [1.54, 1.807) is 0 Å². The quantitative estimate of drug-likeness (QED) is 0.666. The molecular weight excluding hydrogens is 218 g/mol. The molecule has 0 saturated carbocycles. The third-order valence-electron chi connectivity index (χ3n) is 3.72. The van der Waals surface area contributed by atoms with Crippen molar-refractivity contribution in [2.75, 3.05) is 0 Å². The Hall–Kier alpha value is -2.02. The molecule has 0 saturated heterocycles. The summed E-state index contributed by atoms with van der Waals surface area (Å²) in [5.41, 5.74) is 5.30. The zero-order valence-electron chi connectivity index (χ0n) is 10.8. The summed E-state index contributed by atoms with van der Waals surface area (Å²) in [6.07, 6.45) is 2.15. The molecule has 0 radical (unpaired) electrons. The molecule has 1 atom stereocenters. The van der Waals surface area contributed by atoms with Crippen LogP contribution in [-0.2, 0) is 0 Å². The van der Waals surface area contributed by atoms with Gasteiger partial charge < -0.3 is 4.98 Å². The van der Waals surface area contributed by atoms with E-state index < -0.39 is 0 Å². The van der Waals surface area contributed by atoms with Crippen LogP contribution in [0.2, 0.25) is 0 Å². The lowest BCUT2D eigenvalue weighted by atomic mass is 9.92. The van der Waals surface area contributed by atoms with E-state index in [0.717, 1.165) is 0 Å². The van der Waals surface area contributed by atoms with Crippen LogP contribution in [0.5, 0.6) is 0 Å². The molecule has 0 aliphatic rings. The van der Waals surface area contributed by atoms with Crippen molar-refractivity contribution in [1.82, 2.24) is 4.98 Å². The van der Waals surface area contributed by atoms with Crippen molar-refractivity contribution in [3.63, 3.8) is 0 Å². The molecule has 1 heteroatoms. The summed E-state index contributed by atoms with van der Waals surface area (Å²) in [5, 5.41) is 1.34. The van der Waals surface area contributed by atoms with Gasteiger partial charge in [0.2, 0.25) is 0 Å². The molecule has 2 aromatic carbocycles. The minimum atomic E-state index is 0.418. The molecule has 0 amide bonds. The average molecular weight is 235 g/mol. The predicted molar refractivity (Wildman–Crippen MR) is 77.0 cm³/mol. The van der Waals surface area contributed by atoms with E-state index in [4.69, 9.17) is 0 Å². The second kappa shape index (κ2) is 4.34. The Morgan fingerprint density at radius 3 is 2.50 bits per heavy atom. The maximum Gasteiger partial charge on any atom is 0.0486 e. The van der Waals surface area contributed by atoms with E-state index in [1.165, 1.54) is 27.6 Å². The number of aromatic amines is 1. The van der Waals surface area contributed by atoms with Crippen molar-refractivity contribution in [3.8, 4) is 0 Å². The van der Waals surface area contributed by atoms with Crippen molar-refractivity contribution in [3.05, 3.63) is 71.4 Å². The standard InChI is InChI=1S/C17H17N/c1-12-7-6-10-15-16(11-18-17(12)15)13(2)14-8-4-3-5-9-14/h3-11,13,18H,1-2H3. The van der Waals surface area contributed by atoms with E-state index in [9.17, 15) is 0 Å². The number of fused-ring (bicyclic) bond motifs is 1. The van der Waals surface area contributed by atoms with Gasteiger partial charge in [-0.25, -0.2) is 0 Å². The molecule has 3 aromatic rings.